The van der Waals surface area contributed by atoms with Crippen LogP contribution in [-0.4, -0.2) is 39.6 Å². The van der Waals surface area contributed by atoms with E-state index in [1.165, 1.54) is 0 Å². The zero-order chi connectivity index (χ0) is 21.0. The third-order valence-corrected chi connectivity index (χ3v) is 3.40. The number of rotatable bonds is 6. The fourth-order valence-corrected chi connectivity index (χ4v) is 2.13. The number of carboxylic acid groups (broad SMARTS) is 1. The van der Waals surface area contributed by atoms with E-state index >= 15 is 0 Å². The second kappa shape index (κ2) is 8.55. The van der Waals surface area contributed by atoms with Crippen molar-refractivity contribution in [3.05, 3.63) is 28.5 Å². The molecule has 1 rings (SSSR count). The summed E-state index contributed by atoms with van der Waals surface area (Å²) in [6.07, 6.45) is -5.89. The summed E-state index contributed by atoms with van der Waals surface area (Å²) >= 11 is 5.72. The molecular weight excluding hydrogens is 393 g/mol. The van der Waals surface area contributed by atoms with E-state index in [1.54, 1.807) is 20.8 Å². The fourth-order valence-electron chi connectivity index (χ4n) is 1.92. The zero-order valence-corrected chi connectivity index (χ0v) is 15.4. The zero-order valence-electron chi connectivity index (χ0n) is 14.7. The smallest absolute Gasteiger partial charge is 0.433 e. The fraction of sp³-hybridized carbons (Fsp3) is 0.500. The molecule has 0 spiro atoms. The Morgan fingerprint density at radius 1 is 1.30 bits per heavy atom. The molecule has 1 atom stereocenters. The van der Waals surface area contributed by atoms with Crippen molar-refractivity contribution in [2.75, 3.05) is 0 Å². The number of hydrogen-bond donors (Lipinski definition) is 2. The molecule has 0 aliphatic rings. The molecule has 1 aromatic heterocycles. The first kappa shape index (κ1) is 22.7. The van der Waals surface area contributed by atoms with Crippen LogP contribution in [0.4, 0.5) is 18.0 Å². The van der Waals surface area contributed by atoms with Crippen LogP contribution in [0.15, 0.2) is 12.3 Å². The SMILES string of the molecule is CC(C)(C)OC(=O)N[C@@H](CCC(=O)c1cc(C(F)(F)F)ncc1Cl)C(=O)O. The minimum atomic E-state index is -4.76. The number of nitrogens with zero attached hydrogens (tertiary/aromatic N) is 1. The van der Waals surface area contributed by atoms with Crippen molar-refractivity contribution < 1.29 is 37.4 Å². The number of aliphatic carboxylic acids is 1. The first-order valence-corrected chi connectivity index (χ1v) is 8.07. The standard InChI is InChI=1S/C16H18ClF3N2O5/c1-15(2,3)27-14(26)22-10(13(24)25)4-5-11(23)8-6-12(16(18,19)20)21-7-9(8)17/h6-7,10H,4-5H2,1-3H3,(H,22,26)(H,24,25)/t10-/m0/s1. The summed E-state index contributed by atoms with van der Waals surface area (Å²) in [7, 11) is 0. The highest BCUT2D eigenvalue weighted by Gasteiger charge is 2.34. The lowest BCUT2D eigenvalue weighted by Gasteiger charge is -2.22. The lowest BCUT2D eigenvalue weighted by molar-refractivity contribution is -0.141. The topological polar surface area (TPSA) is 106 Å². The van der Waals surface area contributed by atoms with Gasteiger partial charge in [0.15, 0.2) is 5.78 Å². The molecule has 0 fully saturated rings. The van der Waals surface area contributed by atoms with Gasteiger partial charge in [-0.25, -0.2) is 9.59 Å². The van der Waals surface area contributed by atoms with E-state index in [-0.39, 0.29) is 11.4 Å². The number of amides is 1. The number of aromatic nitrogens is 1. The van der Waals surface area contributed by atoms with Crippen molar-refractivity contribution in [1.82, 2.24) is 10.3 Å². The summed E-state index contributed by atoms with van der Waals surface area (Å²) in [6, 6.07) is -0.964. The van der Waals surface area contributed by atoms with Gasteiger partial charge in [-0.15, -0.1) is 0 Å². The predicted molar refractivity (Wildman–Crippen MR) is 88.6 cm³/mol. The average molecular weight is 411 g/mol. The Bertz CT molecular complexity index is 732. The maximum absolute atomic E-state index is 12.7. The summed E-state index contributed by atoms with van der Waals surface area (Å²) in [6.45, 7) is 4.74. The summed E-state index contributed by atoms with van der Waals surface area (Å²) in [5.74, 6) is -2.24. The number of halogens is 4. The summed E-state index contributed by atoms with van der Waals surface area (Å²) in [4.78, 5) is 38.2. The van der Waals surface area contributed by atoms with Gasteiger partial charge in [-0.3, -0.25) is 9.78 Å². The maximum Gasteiger partial charge on any atom is 0.433 e. The molecule has 0 saturated carbocycles. The first-order chi connectivity index (χ1) is 12.2. The Hall–Kier alpha value is -2.36. The molecule has 150 valence electrons. The van der Waals surface area contributed by atoms with Crippen molar-refractivity contribution in [1.29, 1.82) is 0 Å². The van der Waals surface area contributed by atoms with Crippen LogP contribution in [0.5, 0.6) is 0 Å². The summed E-state index contributed by atoms with van der Waals surface area (Å²) in [5, 5.41) is 10.9. The number of alkyl carbamates (subject to hydrolysis) is 1. The number of carbonyl (C=O) groups is 3. The van der Waals surface area contributed by atoms with Crippen LogP contribution in [0.2, 0.25) is 5.02 Å². The van der Waals surface area contributed by atoms with Crippen LogP contribution in [-0.2, 0) is 15.7 Å². The van der Waals surface area contributed by atoms with E-state index in [2.05, 4.69) is 10.3 Å². The van der Waals surface area contributed by atoms with E-state index in [0.717, 1.165) is 0 Å². The molecule has 0 bridgehead atoms. The van der Waals surface area contributed by atoms with Gasteiger partial charge in [-0.2, -0.15) is 13.2 Å². The van der Waals surface area contributed by atoms with Gasteiger partial charge in [0.2, 0.25) is 0 Å². The van der Waals surface area contributed by atoms with E-state index in [1.807, 2.05) is 0 Å². The quantitative estimate of drug-likeness (QED) is 0.693. The van der Waals surface area contributed by atoms with Crippen molar-refractivity contribution in [3.8, 4) is 0 Å². The molecule has 27 heavy (non-hydrogen) atoms. The van der Waals surface area contributed by atoms with Crippen molar-refractivity contribution in [2.45, 2.75) is 51.4 Å². The molecule has 0 radical (unpaired) electrons. The van der Waals surface area contributed by atoms with Gasteiger partial charge in [0.25, 0.3) is 0 Å². The molecule has 1 aromatic rings. The lowest BCUT2D eigenvalue weighted by Crippen LogP contribution is -2.43. The Morgan fingerprint density at radius 3 is 2.37 bits per heavy atom. The highest BCUT2D eigenvalue weighted by atomic mass is 35.5. The van der Waals surface area contributed by atoms with E-state index in [0.29, 0.717) is 12.3 Å². The molecule has 0 aliphatic heterocycles. The van der Waals surface area contributed by atoms with Crippen LogP contribution in [0, 0.1) is 0 Å². The van der Waals surface area contributed by atoms with E-state index in [4.69, 9.17) is 21.4 Å². The number of ether oxygens (including phenoxy) is 1. The lowest BCUT2D eigenvalue weighted by atomic mass is 10.0. The van der Waals surface area contributed by atoms with Crippen molar-refractivity contribution in [3.63, 3.8) is 0 Å². The van der Waals surface area contributed by atoms with Crippen molar-refractivity contribution in [2.24, 2.45) is 0 Å². The van der Waals surface area contributed by atoms with Crippen LogP contribution in [0.1, 0.15) is 49.7 Å². The number of hydrogen-bond acceptors (Lipinski definition) is 5. The van der Waals surface area contributed by atoms with Gasteiger partial charge >= 0.3 is 18.2 Å². The van der Waals surface area contributed by atoms with E-state index in [9.17, 15) is 27.6 Å². The third-order valence-electron chi connectivity index (χ3n) is 3.10. The molecule has 1 amide bonds. The molecule has 7 nitrogen and oxygen atoms in total. The Kier molecular flexibility index (Phi) is 7.18. The number of pyridine rings is 1. The first-order valence-electron chi connectivity index (χ1n) is 7.69. The molecule has 0 unspecified atom stereocenters. The number of carboxylic acids is 1. The normalized spacial score (nSPS) is 13.0. The third kappa shape index (κ3) is 7.41. The molecular formula is C16H18ClF3N2O5. The molecule has 1 heterocycles. The number of alkyl halides is 3. The summed E-state index contributed by atoms with van der Waals surface area (Å²) < 4.78 is 43.0. The van der Waals surface area contributed by atoms with Crippen LogP contribution in [0.3, 0.4) is 0 Å². The Labute approximate surface area is 157 Å². The highest BCUT2D eigenvalue weighted by molar-refractivity contribution is 6.33. The maximum atomic E-state index is 12.7. The molecule has 0 aliphatic carbocycles. The monoisotopic (exact) mass is 410 g/mol. The Morgan fingerprint density at radius 2 is 1.89 bits per heavy atom. The predicted octanol–water partition coefficient (Wildman–Crippen LogP) is 3.69. The number of carbonyl (C=O) groups excluding carboxylic acids is 2. The van der Waals surface area contributed by atoms with Crippen LogP contribution >= 0.6 is 11.6 Å². The van der Waals surface area contributed by atoms with Gasteiger partial charge in [0.1, 0.15) is 17.3 Å². The van der Waals surface area contributed by atoms with E-state index < -0.39 is 53.3 Å². The van der Waals surface area contributed by atoms with Gasteiger partial charge in [0, 0.05) is 18.2 Å². The number of nitrogens with one attached hydrogen (secondary N) is 1. The average Bonchev–Trinajstić information content (AvgIpc) is 2.48. The van der Waals surface area contributed by atoms with Gasteiger partial charge in [-0.05, 0) is 33.3 Å². The largest absolute Gasteiger partial charge is 0.480 e. The van der Waals surface area contributed by atoms with Crippen LogP contribution in [0.25, 0.3) is 0 Å². The molecule has 0 saturated heterocycles. The van der Waals surface area contributed by atoms with Gasteiger partial charge in [-0.1, -0.05) is 11.6 Å². The van der Waals surface area contributed by atoms with Crippen LogP contribution < -0.4 is 5.32 Å². The van der Waals surface area contributed by atoms with Gasteiger partial charge in [0.05, 0.1) is 5.02 Å². The minimum Gasteiger partial charge on any atom is -0.480 e. The summed E-state index contributed by atoms with van der Waals surface area (Å²) in [5.41, 5.74) is -2.58. The Balaban J connectivity index is 2.84. The number of ketones is 1. The molecule has 11 heteroatoms. The van der Waals surface area contributed by atoms with Gasteiger partial charge < -0.3 is 15.2 Å². The molecule has 0 aromatic carbocycles. The second-order valence-corrected chi connectivity index (χ2v) is 6.95. The number of Topliss-reactive ketones (excluding diaryl/α,β-unsaturated/α-hetero) is 1. The second-order valence-electron chi connectivity index (χ2n) is 6.55. The van der Waals surface area contributed by atoms with Crippen molar-refractivity contribution >= 4 is 29.4 Å². The minimum absolute atomic E-state index is 0.292. The highest BCUT2D eigenvalue weighted by Crippen LogP contribution is 2.30. The molecule has 2 N–H and O–H groups in total.